The van der Waals surface area contributed by atoms with Crippen LogP contribution in [0.25, 0.3) is 21.3 Å². The van der Waals surface area contributed by atoms with Crippen LogP contribution in [-0.2, 0) is 15.3 Å². The van der Waals surface area contributed by atoms with Crippen LogP contribution in [0, 0.1) is 0 Å². The molecule has 0 saturated carbocycles. The fraction of sp³-hybridized carbons (Fsp3) is 0.375. The van der Waals surface area contributed by atoms with E-state index in [1.165, 1.54) is 17.5 Å². The van der Waals surface area contributed by atoms with Gasteiger partial charge in [0.1, 0.15) is 0 Å². The van der Waals surface area contributed by atoms with E-state index in [1.54, 1.807) is 17.2 Å². The molecule has 5 rings (SSSR count). The summed E-state index contributed by atoms with van der Waals surface area (Å²) in [5.41, 5.74) is 2.03. The molecule has 1 aliphatic heterocycles. The van der Waals surface area contributed by atoms with Crippen molar-refractivity contribution < 1.29 is 17.7 Å². The van der Waals surface area contributed by atoms with Crippen molar-refractivity contribution in [2.24, 2.45) is 0 Å². The number of nitrogens with zero attached hydrogens (tertiary/aromatic N) is 5. The van der Waals surface area contributed by atoms with E-state index < -0.39 is 9.84 Å². The number of aromatic nitrogens is 4. The summed E-state index contributed by atoms with van der Waals surface area (Å²) >= 11 is 1.36. The van der Waals surface area contributed by atoms with Crippen molar-refractivity contribution in [2.75, 3.05) is 24.7 Å². The Kier molecular flexibility index (Phi) is 6.03. The number of pyridine rings is 1. The van der Waals surface area contributed by atoms with E-state index in [9.17, 15) is 13.2 Å². The number of amides is 2. The number of fused-ring (bicyclic) bond motifs is 1. The smallest absolute Gasteiger partial charge is 0.323 e. The highest BCUT2D eigenvalue weighted by Gasteiger charge is 2.32. The van der Waals surface area contributed by atoms with Gasteiger partial charge in [-0.1, -0.05) is 43.3 Å². The van der Waals surface area contributed by atoms with Gasteiger partial charge in [-0.05, 0) is 30.2 Å². The number of benzene rings is 1. The summed E-state index contributed by atoms with van der Waals surface area (Å²) in [5, 5.41) is 7.53. The van der Waals surface area contributed by atoms with Crippen LogP contribution in [0.3, 0.4) is 0 Å². The number of hydrogen-bond acceptors (Lipinski definition) is 9. The first-order valence-corrected chi connectivity index (χ1v) is 14.1. The van der Waals surface area contributed by atoms with E-state index in [-0.39, 0.29) is 22.3 Å². The lowest BCUT2D eigenvalue weighted by atomic mass is 9.97. The van der Waals surface area contributed by atoms with Crippen LogP contribution < -0.4 is 5.32 Å². The molecule has 1 saturated heterocycles. The van der Waals surface area contributed by atoms with Crippen molar-refractivity contribution in [1.29, 1.82) is 0 Å². The number of likely N-dealkylation sites (tertiary alicyclic amines) is 1. The largest absolute Gasteiger partial charge is 0.339 e. The zero-order chi connectivity index (χ0) is 25.7. The lowest BCUT2D eigenvalue weighted by molar-refractivity contribution is 0.222. The van der Waals surface area contributed by atoms with Crippen LogP contribution >= 0.6 is 11.3 Å². The Morgan fingerprint density at radius 3 is 2.69 bits per heavy atom. The van der Waals surface area contributed by atoms with Gasteiger partial charge in [0, 0.05) is 48.6 Å². The summed E-state index contributed by atoms with van der Waals surface area (Å²) in [4.78, 5) is 27.9. The molecule has 0 spiro atoms. The van der Waals surface area contributed by atoms with Gasteiger partial charge in [-0.3, -0.25) is 10.3 Å². The zero-order valence-electron chi connectivity index (χ0n) is 20.3. The standard InChI is InChI=1S/C24H26N6O4S2/c1-24(2,3)21-27-20(29-34-21)15-7-8-30(13-15)23(31)28-22-26-18-6-5-14(10-19(18)35-22)16-9-17(12-25-11-16)36(4,32)33/h5-6,9-12,15H,7-8,13H2,1-4H3,(H,26,28,31). The second-order valence-corrected chi connectivity index (χ2v) is 13.0. The van der Waals surface area contributed by atoms with Crippen molar-refractivity contribution in [2.45, 2.75) is 43.4 Å². The number of hydrogen-bond donors (Lipinski definition) is 1. The van der Waals surface area contributed by atoms with E-state index in [1.807, 2.05) is 39.0 Å². The molecule has 4 aromatic rings. The molecular weight excluding hydrogens is 500 g/mol. The Bertz CT molecular complexity index is 1550. The molecule has 1 unspecified atom stereocenters. The van der Waals surface area contributed by atoms with Crippen LogP contribution in [0.2, 0.25) is 0 Å². The quantitative estimate of drug-likeness (QED) is 0.412. The number of sulfone groups is 1. The molecular formula is C24H26N6O4S2. The lowest BCUT2D eigenvalue weighted by Crippen LogP contribution is -2.32. The number of anilines is 1. The molecule has 36 heavy (non-hydrogen) atoms. The molecule has 188 valence electrons. The van der Waals surface area contributed by atoms with Gasteiger partial charge < -0.3 is 9.42 Å². The third-order valence-corrected chi connectivity index (χ3v) is 8.01. The molecule has 2 amide bonds. The predicted octanol–water partition coefficient (Wildman–Crippen LogP) is 4.46. The topological polar surface area (TPSA) is 131 Å². The summed E-state index contributed by atoms with van der Waals surface area (Å²) in [6.07, 6.45) is 4.88. The Labute approximate surface area is 212 Å². The molecule has 4 heterocycles. The molecule has 3 aromatic heterocycles. The maximum atomic E-state index is 12.9. The zero-order valence-corrected chi connectivity index (χ0v) is 22.0. The Balaban J connectivity index is 1.28. The van der Waals surface area contributed by atoms with Crippen molar-refractivity contribution in [3.8, 4) is 11.1 Å². The first kappa shape index (κ1) is 24.3. The van der Waals surface area contributed by atoms with E-state index in [2.05, 4.69) is 25.4 Å². The molecule has 0 aliphatic carbocycles. The van der Waals surface area contributed by atoms with Gasteiger partial charge in [-0.2, -0.15) is 4.98 Å². The molecule has 1 aliphatic rings. The van der Waals surface area contributed by atoms with Crippen molar-refractivity contribution in [3.05, 3.63) is 48.4 Å². The summed E-state index contributed by atoms with van der Waals surface area (Å²) in [7, 11) is -3.36. The van der Waals surface area contributed by atoms with E-state index in [0.29, 0.717) is 35.5 Å². The van der Waals surface area contributed by atoms with E-state index >= 15 is 0 Å². The minimum atomic E-state index is -3.36. The fourth-order valence-corrected chi connectivity index (χ4v) is 5.46. The molecule has 1 N–H and O–H groups in total. The van der Waals surface area contributed by atoms with Gasteiger partial charge in [0.15, 0.2) is 20.8 Å². The third-order valence-electron chi connectivity index (χ3n) is 6.00. The van der Waals surface area contributed by atoms with Crippen molar-refractivity contribution in [1.82, 2.24) is 25.0 Å². The fourth-order valence-electron chi connectivity index (χ4n) is 3.97. The van der Waals surface area contributed by atoms with Gasteiger partial charge >= 0.3 is 6.03 Å². The number of nitrogens with one attached hydrogen (secondary N) is 1. The third kappa shape index (κ3) is 4.96. The van der Waals surface area contributed by atoms with Crippen LogP contribution in [0.15, 0.2) is 46.1 Å². The lowest BCUT2D eigenvalue weighted by Gasteiger charge is -2.15. The SMILES string of the molecule is CC(C)(C)c1nc(C2CCN(C(=O)Nc3nc4ccc(-c5cncc(S(C)(=O)=O)c5)cc4s3)C2)no1. The molecule has 12 heteroatoms. The maximum absolute atomic E-state index is 12.9. The summed E-state index contributed by atoms with van der Waals surface area (Å²) < 4.78 is 30.0. The van der Waals surface area contributed by atoms with Crippen LogP contribution in [0.1, 0.15) is 44.8 Å². The number of rotatable bonds is 4. The van der Waals surface area contributed by atoms with Crippen LogP contribution in [0.4, 0.5) is 9.93 Å². The second kappa shape index (κ2) is 8.93. The average Bonchev–Trinajstić information content (AvgIpc) is 3.56. The average molecular weight is 527 g/mol. The highest BCUT2D eigenvalue weighted by Crippen LogP contribution is 2.32. The van der Waals surface area contributed by atoms with Crippen molar-refractivity contribution >= 4 is 42.6 Å². The minimum absolute atomic E-state index is 0.0323. The van der Waals surface area contributed by atoms with Gasteiger partial charge in [0.2, 0.25) is 5.89 Å². The molecule has 1 aromatic carbocycles. The highest BCUT2D eigenvalue weighted by atomic mass is 32.2. The maximum Gasteiger partial charge on any atom is 0.323 e. The van der Waals surface area contributed by atoms with Gasteiger partial charge in [-0.15, -0.1) is 0 Å². The Morgan fingerprint density at radius 2 is 1.97 bits per heavy atom. The number of urea groups is 1. The monoisotopic (exact) mass is 526 g/mol. The molecule has 0 radical (unpaired) electrons. The minimum Gasteiger partial charge on any atom is -0.339 e. The molecule has 1 fully saturated rings. The molecule has 1 atom stereocenters. The van der Waals surface area contributed by atoms with Gasteiger partial charge in [-0.25, -0.2) is 18.2 Å². The second-order valence-electron chi connectivity index (χ2n) is 9.95. The number of carbonyl (C=O) groups is 1. The van der Waals surface area contributed by atoms with Crippen LogP contribution in [-0.4, -0.2) is 58.8 Å². The summed E-state index contributed by atoms with van der Waals surface area (Å²) in [6.45, 7) is 7.15. The number of thiazole rings is 1. The van der Waals surface area contributed by atoms with Crippen LogP contribution in [0.5, 0.6) is 0 Å². The van der Waals surface area contributed by atoms with E-state index in [4.69, 9.17) is 4.52 Å². The van der Waals surface area contributed by atoms with Crippen molar-refractivity contribution in [3.63, 3.8) is 0 Å². The Morgan fingerprint density at radius 1 is 1.17 bits per heavy atom. The van der Waals surface area contributed by atoms with Gasteiger partial charge in [0.25, 0.3) is 0 Å². The first-order valence-electron chi connectivity index (χ1n) is 11.4. The van der Waals surface area contributed by atoms with Gasteiger partial charge in [0.05, 0.1) is 15.1 Å². The van der Waals surface area contributed by atoms with E-state index in [0.717, 1.165) is 28.5 Å². The Hall–Kier alpha value is -3.38. The predicted molar refractivity (Wildman–Crippen MR) is 137 cm³/mol. The summed E-state index contributed by atoms with van der Waals surface area (Å²) in [6, 6.07) is 7.00. The molecule has 10 nitrogen and oxygen atoms in total. The molecule has 0 bridgehead atoms. The highest BCUT2D eigenvalue weighted by molar-refractivity contribution is 7.90. The normalized spacial score (nSPS) is 16.6. The first-order chi connectivity index (χ1) is 17.0. The number of carbonyl (C=O) groups excluding carboxylic acids is 1. The summed E-state index contributed by atoms with van der Waals surface area (Å²) in [5.74, 6) is 1.26.